The molecule has 0 saturated carbocycles. The molecule has 3 rings (SSSR count). The van der Waals surface area contributed by atoms with Gasteiger partial charge in [0.25, 0.3) is 0 Å². The van der Waals surface area contributed by atoms with Crippen LogP contribution in [0, 0.1) is 11.6 Å². The Balaban J connectivity index is 2.36. The second-order valence-corrected chi connectivity index (χ2v) is 4.56. The number of nitrogens with two attached hydrogens (primary N) is 1. The molecule has 0 aliphatic heterocycles. The Morgan fingerprint density at radius 3 is 2.60 bits per heavy atom. The zero-order valence-corrected chi connectivity index (χ0v) is 10.8. The molecular formula is C14H8ClF2N3. The summed E-state index contributed by atoms with van der Waals surface area (Å²) in [6, 6.07) is 7.54. The van der Waals surface area contributed by atoms with E-state index in [0.29, 0.717) is 22.3 Å². The highest BCUT2D eigenvalue weighted by Crippen LogP contribution is 2.34. The van der Waals surface area contributed by atoms with Gasteiger partial charge in [0.2, 0.25) is 0 Å². The molecule has 0 amide bonds. The summed E-state index contributed by atoms with van der Waals surface area (Å²) in [7, 11) is 0. The molecule has 0 aliphatic rings. The van der Waals surface area contributed by atoms with Crippen LogP contribution in [-0.4, -0.2) is 9.97 Å². The number of anilines is 1. The molecule has 0 unspecified atom stereocenters. The average molecular weight is 292 g/mol. The monoisotopic (exact) mass is 291 g/mol. The van der Waals surface area contributed by atoms with Crippen LogP contribution >= 0.6 is 11.6 Å². The number of halogens is 3. The molecule has 6 heteroatoms. The summed E-state index contributed by atoms with van der Waals surface area (Å²) < 4.78 is 27.4. The maximum absolute atomic E-state index is 14.1. The number of hydrogen-bond acceptors (Lipinski definition) is 3. The normalized spacial score (nSPS) is 10.9. The first kappa shape index (κ1) is 12.7. The number of hydrogen-bond donors (Lipinski definition) is 1. The molecule has 1 aromatic heterocycles. The number of fused-ring (bicyclic) bond motifs is 1. The Bertz CT molecular complexity index is 821. The second kappa shape index (κ2) is 4.68. The minimum absolute atomic E-state index is 0.167. The third-order valence-corrected chi connectivity index (χ3v) is 3.37. The topological polar surface area (TPSA) is 51.8 Å². The van der Waals surface area contributed by atoms with E-state index >= 15 is 0 Å². The van der Waals surface area contributed by atoms with Crippen molar-refractivity contribution in [2.45, 2.75) is 0 Å². The minimum Gasteiger partial charge on any atom is -0.383 e. The fourth-order valence-electron chi connectivity index (χ4n) is 2.06. The number of nitrogens with zero attached hydrogens (tertiary/aromatic N) is 2. The van der Waals surface area contributed by atoms with Crippen molar-refractivity contribution < 1.29 is 8.78 Å². The van der Waals surface area contributed by atoms with Crippen LogP contribution in [0.3, 0.4) is 0 Å². The van der Waals surface area contributed by atoms with Gasteiger partial charge in [-0.2, -0.15) is 0 Å². The van der Waals surface area contributed by atoms with Gasteiger partial charge in [0.1, 0.15) is 23.0 Å². The summed E-state index contributed by atoms with van der Waals surface area (Å²) in [6.07, 6.45) is 1.30. The summed E-state index contributed by atoms with van der Waals surface area (Å²) in [5, 5.41) is 0.0615. The van der Waals surface area contributed by atoms with Crippen molar-refractivity contribution in [2.75, 3.05) is 5.73 Å². The van der Waals surface area contributed by atoms with Crippen molar-refractivity contribution in [3.63, 3.8) is 0 Å². The molecule has 100 valence electrons. The third-order valence-electron chi connectivity index (χ3n) is 3.02. The van der Waals surface area contributed by atoms with Gasteiger partial charge in [0.05, 0.1) is 5.52 Å². The van der Waals surface area contributed by atoms with E-state index in [1.165, 1.54) is 12.4 Å². The van der Waals surface area contributed by atoms with E-state index in [2.05, 4.69) is 9.97 Å². The summed E-state index contributed by atoms with van der Waals surface area (Å²) in [5.74, 6) is -1.33. The lowest BCUT2D eigenvalue weighted by Crippen LogP contribution is -1.96. The molecular weight excluding hydrogens is 284 g/mol. The Labute approximate surface area is 118 Å². The first-order chi connectivity index (χ1) is 9.59. The first-order valence-electron chi connectivity index (χ1n) is 5.72. The fourth-order valence-corrected chi connectivity index (χ4v) is 2.22. The standard InChI is InChI=1S/C14H8ClF2N3/c15-11-10(16)5-4-7(12(11)17)8-2-1-3-9-13(8)19-6-20-14(9)18/h1-6H,(H2,18,19,20). The van der Waals surface area contributed by atoms with Gasteiger partial charge in [-0.1, -0.05) is 23.7 Å². The fraction of sp³-hybridized carbons (Fsp3) is 0. The lowest BCUT2D eigenvalue weighted by atomic mass is 10.0. The molecule has 0 fully saturated rings. The Morgan fingerprint density at radius 2 is 1.80 bits per heavy atom. The Hall–Kier alpha value is -2.27. The molecule has 2 N–H and O–H groups in total. The van der Waals surface area contributed by atoms with Crippen LogP contribution < -0.4 is 5.73 Å². The van der Waals surface area contributed by atoms with Gasteiger partial charge < -0.3 is 5.73 Å². The van der Waals surface area contributed by atoms with E-state index in [4.69, 9.17) is 17.3 Å². The average Bonchev–Trinajstić information content (AvgIpc) is 2.45. The van der Waals surface area contributed by atoms with Gasteiger partial charge in [-0.15, -0.1) is 0 Å². The van der Waals surface area contributed by atoms with Crippen LogP contribution in [0.5, 0.6) is 0 Å². The van der Waals surface area contributed by atoms with Crippen molar-refractivity contribution >= 4 is 28.3 Å². The highest BCUT2D eigenvalue weighted by atomic mass is 35.5. The molecule has 3 aromatic rings. The van der Waals surface area contributed by atoms with E-state index in [1.807, 2.05) is 0 Å². The maximum Gasteiger partial charge on any atom is 0.152 e. The second-order valence-electron chi connectivity index (χ2n) is 4.18. The van der Waals surface area contributed by atoms with Gasteiger partial charge in [-0.3, -0.25) is 0 Å². The smallest absolute Gasteiger partial charge is 0.152 e. The molecule has 3 nitrogen and oxygen atoms in total. The van der Waals surface area contributed by atoms with E-state index in [0.717, 1.165) is 6.07 Å². The van der Waals surface area contributed by atoms with Crippen molar-refractivity contribution in [2.24, 2.45) is 0 Å². The number of benzene rings is 2. The van der Waals surface area contributed by atoms with Gasteiger partial charge in [0.15, 0.2) is 5.82 Å². The van der Waals surface area contributed by atoms with E-state index < -0.39 is 16.7 Å². The summed E-state index contributed by atoms with van der Waals surface area (Å²) in [4.78, 5) is 8.00. The number of aromatic nitrogens is 2. The predicted molar refractivity (Wildman–Crippen MR) is 74.3 cm³/mol. The van der Waals surface area contributed by atoms with E-state index in [-0.39, 0.29) is 5.56 Å². The van der Waals surface area contributed by atoms with Crippen molar-refractivity contribution in [1.29, 1.82) is 0 Å². The lowest BCUT2D eigenvalue weighted by Gasteiger charge is -2.09. The molecule has 0 bridgehead atoms. The third kappa shape index (κ3) is 1.87. The highest BCUT2D eigenvalue weighted by molar-refractivity contribution is 6.31. The van der Waals surface area contributed by atoms with Crippen molar-refractivity contribution in [3.8, 4) is 11.1 Å². The van der Waals surface area contributed by atoms with E-state index in [1.54, 1.807) is 18.2 Å². The van der Waals surface area contributed by atoms with Gasteiger partial charge in [0, 0.05) is 16.5 Å². The molecule has 1 heterocycles. The number of rotatable bonds is 1. The van der Waals surface area contributed by atoms with Crippen LogP contribution in [0.1, 0.15) is 0 Å². The van der Waals surface area contributed by atoms with E-state index in [9.17, 15) is 8.78 Å². The molecule has 0 radical (unpaired) electrons. The van der Waals surface area contributed by atoms with Crippen LogP contribution in [0.25, 0.3) is 22.0 Å². The zero-order valence-electron chi connectivity index (χ0n) is 10.1. The van der Waals surface area contributed by atoms with Gasteiger partial charge in [-0.05, 0) is 18.2 Å². The summed E-state index contributed by atoms with van der Waals surface area (Å²) in [6.45, 7) is 0. The molecule has 2 aromatic carbocycles. The van der Waals surface area contributed by atoms with Crippen LogP contribution in [0.15, 0.2) is 36.7 Å². The largest absolute Gasteiger partial charge is 0.383 e. The zero-order chi connectivity index (χ0) is 14.3. The molecule has 0 aliphatic carbocycles. The van der Waals surface area contributed by atoms with Crippen LogP contribution in [0.2, 0.25) is 5.02 Å². The maximum atomic E-state index is 14.1. The SMILES string of the molecule is Nc1ncnc2c(-c3ccc(F)c(Cl)c3F)cccc12. The minimum atomic E-state index is -0.823. The lowest BCUT2D eigenvalue weighted by molar-refractivity contribution is 0.586. The van der Waals surface area contributed by atoms with Crippen LogP contribution in [0.4, 0.5) is 14.6 Å². The molecule has 0 spiro atoms. The summed E-state index contributed by atoms with van der Waals surface area (Å²) in [5.41, 5.74) is 6.90. The van der Waals surface area contributed by atoms with Gasteiger partial charge >= 0.3 is 0 Å². The molecule has 0 atom stereocenters. The Kier molecular flexibility index (Phi) is 2.99. The highest BCUT2D eigenvalue weighted by Gasteiger charge is 2.16. The predicted octanol–water partition coefficient (Wildman–Crippen LogP) is 3.81. The molecule has 0 saturated heterocycles. The van der Waals surface area contributed by atoms with Crippen molar-refractivity contribution in [1.82, 2.24) is 9.97 Å². The first-order valence-corrected chi connectivity index (χ1v) is 6.10. The number of nitrogen functional groups attached to an aromatic ring is 1. The number of para-hydroxylation sites is 1. The Morgan fingerprint density at radius 1 is 1.00 bits per heavy atom. The molecule has 20 heavy (non-hydrogen) atoms. The summed E-state index contributed by atoms with van der Waals surface area (Å²) >= 11 is 5.61. The van der Waals surface area contributed by atoms with Crippen LogP contribution in [-0.2, 0) is 0 Å². The van der Waals surface area contributed by atoms with Crippen molar-refractivity contribution in [3.05, 3.63) is 53.3 Å². The quantitative estimate of drug-likeness (QED) is 0.694. The van der Waals surface area contributed by atoms with Gasteiger partial charge in [-0.25, -0.2) is 18.7 Å².